The molecular weight excluding hydrogens is 322 g/mol. The minimum atomic E-state index is -0.452. The highest BCUT2D eigenvalue weighted by molar-refractivity contribution is 8.00. The first-order valence-corrected chi connectivity index (χ1v) is 8.56. The molecule has 0 fully saturated rings. The molecule has 0 saturated carbocycles. The Balaban J connectivity index is 2.10. The second-order valence-corrected chi connectivity index (χ2v) is 6.54. The summed E-state index contributed by atoms with van der Waals surface area (Å²) in [5, 5.41) is 0. The summed E-state index contributed by atoms with van der Waals surface area (Å²) in [7, 11) is 3.00. The van der Waals surface area contributed by atoms with Gasteiger partial charge in [0.2, 0.25) is 5.91 Å². The molecule has 0 saturated heterocycles. The van der Waals surface area contributed by atoms with Crippen molar-refractivity contribution in [3.8, 4) is 0 Å². The van der Waals surface area contributed by atoms with Crippen LogP contribution in [-0.2, 0) is 9.53 Å². The van der Waals surface area contributed by atoms with Crippen LogP contribution in [0.2, 0.25) is 0 Å². The van der Waals surface area contributed by atoms with Gasteiger partial charge in [-0.05, 0) is 49.2 Å². The van der Waals surface area contributed by atoms with E-state index in [1.807, 2.05) is 6.07 Å². The maximum atomic E-state index is 12.5. The zero-order chi connectivity index (χ0) is 17.7. The normalized spacial score (nSPS) is 10.3. The third kappa shape index (κ3) is 4.17. The van der Waals surface area contributed by atoms with Crippen molar-refractivity contribution in [3.63, 3.8) is 0 Å². The Morgan fingerprint density at radius 1 is 1.08 bits per heavy atom. The summed E-state index contributed by atoms with van der Waals surface area (Å²) >= 11 is 1.49. The number of carbonyl (C=O) groups is 2. The van der Waals surface area contributed by atoms with Crippen LogP contribution in [0.4, 0.5) is 5.69 Å². The number of esters is 1. The summed E-state index contributed by atoms with van der Waals surface area (Å²) in [5.41, 5.74) is 3.37. The van der Waals surface area contributed by atoms with Crippen LogP contribution < -0.4 is 4.90 Å². The van der Waals surface area contributed by atoms with Crippen LogP contribution >= 0.6 is 11.8 Å². The van der Waals surface area contributed by atoms with E-state index in [1.54, 1.807) is 31.3 Å². The van der Waals surface area contributed by atoms with E-state index in [0.717, 1.165) is 4.90 Å². The van der Waals surface area contributed by atoms with Crippen molar-refractivity contribution in [2.75, 3.05) is 24.8 Å². The van der Waals surface area contributed by atoms with E-state index < -0.39 is 5.97 Å². The van der Waals surface area contributed by atoms with E-state index in [9.17, 15) is 9.59 Å². The van der Waals surface area contributed by atoms with Gasteiger partial charge < -0.3 is 9.64 Å². The van der Waals surface area contributed by atoms with E-state index in [0.29, 0.717) is 17.0 Å². The standard InChI is InChI=1S/C19H21NO3S/c1-13-9-10-15(11-14(13)2)24-12-18(21)20(3)17-8-6-5-7-16(17)19(22)23-4/h5-11H,12H2,1-4H3. The number of aryl methyl sites for hydroxylation is 2. The second kappa shape index (κ2) is 8.02. The highest BCUT2D eigenvalue weighted by atomic mass is 32.2. The van der Waals surface area contributed by atoms with E-state index in [-0.39, 0.29) is 5.91 Å². The number of ether oxygens (including phenoxy) is 1. The van der Waals surface area contributed by atoms with Gasteiger partial charge in [0.1, 0.15) is 0 Å². The number of rotatable bonds is 5. The van der Waals surface area contributed by atoms with Crippen LogP contribution in [0.25, 0.3) is 0 Å². The van der Waals surface area contributed by atoms with Gasteiger partial charge in [-0.1, -0.05) is 18.2 Å². The third-order valence-corrected chi connectivity index (χ3v) is 4.86. The minimum Gasteiger partial charge on any atom is -0.465 e. The average Bonchev–Trinajstić information content (AvgIpc) is 2.61. The van der Waals surface area contributed by atoms with Crippen molar-refractivity contribution in [2.24, 2.45) is 0 Å². The number of amides is 1. The third-order valence-electron chi connectivity index (χ3n) is 3.89. The van der Waals surface area contributed by atoms with Crippen molar-refractivity contribution in [1.29, 1.82) is 0 Å². The number of nitrogens with zero attached hydrogens (tertiary/aromatic N) is 1. The largest absolute Gasteiger partial charge is 0.465 e. The predicted molar refractivity (Wildman–Crippen MR) is 97.8 cm³/mol. The summed E-state index contributed by atoms with van der Waals surface area (Å²) in [4.78, 5) is 26.9. The average molecular weight is 343 g/mol. The topological polar surface area (TPSA) is 46.6 Å². The number of carbonyl (C=O) groups excluding carboxylic acids is 2. The molecule has 126 valence electrons. The quantitative estimate of drug-likeness (QED) is 0.611. The monoisotopic (exact) mass is 343 g/mol. The van der Waals surface area contributed by atoms with Gasteiger partial charge in [0, 0.05) is 11.9 Å². The van der Waals surface area contributed by atoms with Crippen LogP contribution in [0.1, 0.15) is 21.5 Å². The van der Waals surface area contributed by atoms with E-state index >= 15 is 0 Å². The Labute approximate surface area is 146 Å². The molecule has 2 rings (SSSR count). The number of hydrogen-bond donors (Lipinski definition) is 0. The number of anilines is 1. The van der Waals surface area contributed by atoms with E-state index in [2.05, 4.69) is 26.0 Å². The van der Waals surface area contributed by atoms with Gasteiger partial charge in [0.15, 0.2) is 0 Å². The van der Waals surface area contributed by atoms with Crippen molar-refractivity contribution in [1.82, 2.24) is 0 Å². The van der Waals surface area contributed by atoms with Gasteiger partial charge in [-0.25, -0.2) is 4.79 Å². The molecule has 0 aromatic heterocycles. The molecule has 1 amide bonds. The first-order chi connectivity index (χ1) is 11.4. The molecule has 0 unspecified atom stereocenters. The molecule has 2 aromatic carbocycles. The lowest BCUT2D eigenvalue weighted by atomic mass is 10.1. The van der Waals surface area contributed by atoms with Crippen LogP contribution in [0.3, 0.4) is 0 Å². The number of para-hydroxylation sites is 1. The van der Waals surface area contributed by atoms with E-state index in [1.165, 1.54) is 34.9 Å². The first kappa shape index (κ1) is 18.1. The van der Waals surface area contributed by atoms with Crippen LogP contribution in [-0.4, -0.2) is 31.8 Å². The van der Waals surface area contributed by atoms with Gasteiger partial charge in [-0.2, -0.15) is 0 Å². The Morgan fingerprint density at radius 2 is 1.79 bits per heavy atom. The highest BCUT2D eigenvalue weighted by Crippen LogP contribution is 2.24. The molecule has 0 heterocycles. The zero-order valence-corrected chi connectivity index (χ0v) is 15.1. The summed E-state index contributed by atoms with van der Waals surface area (Å²) in [6, 6.07) is 13.1. The summed E-state index contributed by atoms with van der Waals surface area (Å²) in [5.74, 6) is -0.226. The number of benzene rings is 2. The molecule has 24 heavy (non-hydrogen) atoms. The van der Waals surface area contributed by atoms with Crippen molar-refractivity contribution < 1.29 is 14.3 Å². The second-order valence-electron chi connectivity index (χ2n) is 5.50. The molecule has 4 nitrogen and oxygen atoms in total. The maximum absolute atomic E-state index is 12.5. The Bertz CT molecular complexity index is 758. The smallest absolute Gasteiger partial charge is 0.339 e. The van der Waals surface area contributed by atoms with Crippen LogP contribution in [0.15, 0.2) is 47.4 Å². The molecule has 0 aliphatic carbocycles. The summed E-state index contributed by atoms with van der Waals surface area (Å²) in [6.07, 6.45) is 0. The van der Waals surface area contributed by atoms with Crippen LogP contribution in [0.5, 0.6) is 0 Å². The lowest BCUT2D eigenvalue weighted by Gasteiger charge is -2.19. The summed E-state index contributed by atoms with van der Waals surface area (Å²) in [6.45, 7) is 4.12. The molecule has 5 heteroatoms. The lowest BCUT2D eigenvalue weighted by Crippen LogP contribution is -2.29. The van der Waals surface area contributed by atoms with Gasteiger partial charge in [-0.3, -0.25) is 4.79 Å². The van der Waals surface area contributed by atoms with Crippen molar-refractivity contribution in [2.45, 2.75) is 18.7 Å². The predicted octanol–water partition coefficient (Wildman–Crippen LogP) is 3.85. The van der Waals surface area contributed by atoms with Gasteiger partial charge >= 0.3 is 5.97 Å². The van der Waals surface area contributed by atoms with Crippen molar-refractivity contribution in [3.05, 3.63) is 59.2 Å². The number of hydrogen-bond acceptors (Lipinski definition) is 4. The van der Waals surface area contributed by atoms with Crippen LogP contribution in [0, 0.1) is 13.8 Å². The van der Waals surface area contributed by atoms with Crippen molar-refractivity contribution >= 4 is 29.3 Å². The fraction of sp³-hybridized carbons (Fsp3) is 0.263. The molecule has 0 radical (unpaired) electrons. The fourth-order valence-corrected chi connectivity index (χ4v) is 3.14. The molecule has 0 aliphatic heterocycles. The fourth-order valence-electron chi connectivity index (χ4n) is 2.23. The molecular formula is C19H21NO3S. The van der Waals surface area contributed by atoms with E-state index in [4.69, 9.17) is 4.74 Å². The minimum absolute atomic E-state index is 0.0745. The highest BCUT2D eigenvalue weighted by Gasteiger charge is 2.18. The molecule has 2 aromatic rings. The maximum Gasteiger partial charge on any atom is 0.339 e. The van der Waals surface area contributed by atoms with Gasteiger partial charge in [0.25, 0.3) is 0 Å². The molecule has 0 N–H and O–H groups in total. The number of methoxy groups -OCH3 is 1. The zero-order valence-electron chi connectivity index (χ0n) is 14.3. The molecule has 0 atom stereocenters. The SMILES string of the molecule is COC(=O)c1ccccc1N(C)C(=O)CSc1ccc(C)c(C)c1. The molecule has 0 bridgehead atoms. The van der Waals surface area contributed by atoms with Gasteiger partial charge in [-0.15, -0.1) is 11.8 Å². The molecule has 0 aliphatic rings. The summed E-state index contributed by atoms with van der Waals surface area (Å²) < 4.78 is 4.78. The Morgan fingerprint density at radius 3 is 2.46 bits per heavy atom. The lowest BCUT2D eigenvalue weighted by molar-refractivity contribution is -0.115. The Hall–Kier alpha value is -2.27. The number of thioether (sulfide) groups is 1. The first-order valence-electron chi connectivity index (χ1n) is 7.58. The Kier molecular flexibility index (Phi) is 6.04. The molecule has 0 spiro atoms. The van der Waals surface area contributed by atoms with Gasteiger partial charge in [0.05, 0.1) is 24.1 Å².